The molecule has 6 nitrogen and oxygen atoms in total. The highest BCUT2D eigenvalue weighted by molar-refractivity contribution is 7.92. The van der Waals surface area contributed by atoms with Gasteiger partial charge in [-0.2, -0.15) is 0 Å². The van der Waals surface area contributed by atoms with Gasteiger partial charge in [0.25, 0.3) is 15.9 Å². The molecule has 0 radical (unpaired) electrons. The number of sulfonamides is 1. The van der Waals surface area contributed by atoms with E-state index < -0.39 is 10.0 Å². The van der Waals surface area contributed by atoms with Crippen LogP contribution < -0.4 is 14.9 Å². The molecule has 1 aliphatic rings. The van der Waals surface area contributed by atoms with Crippen LogP contribution in [0.4, 0.5) is 11.4 Å². The molecule has 0 unspecified atom stereocenters. The fraction of sp³-hybridized carbons (Fsp3) is 0.367. The first-order chi connectivity index (χ1) is 18.9. The second-order valence-corrected chi connectivity index (χ2v) is 14.1. The predicted octanol–water partition coefficient (Wildman–Crippen LogP) is 7.90. The molecule has 0 saturated heterocycles. The second kappa shape index (κ2) is 12.6. The summed E-state index contributed by atoms with van der Waals surface area (Å²) >= 11 is 18.0. The van der Waals surface area contributed by atoms with E-state index in [0.717, 1.165) is 35.7 Å². The maximum absolute atomic E-state index is 13.3. The van der Waals surface area contributed by atoms with Gasteiger partial charge in [0.2, 0.25) is 0 Å². The van der Waals surface area contributed by atoms with Crippen molar-refractivity contribution in [3.05, 3.63) is 87.4 Å². The van der Waals surface area contributed by atoms with Gasteiger partial charge >= 0.3 is 0 Å². The van der Waals surface area contributed by atoms with Crippen molar-refractivity contribution in [3.8, 4) is 0 Å². The topological polar surface area (TPSA) is 78.5 Å². The van der Waals surface area contributed by atoms with Crippen LogP contribution in [0.1, 0.15) is 49.9 Å². The predicted molar refractivity (Wildman–Crippen MR) is 165 cm³/mol. The minimum absolute atomic E-state index is 0.00940. The van der Waals surface area contributed by atoms with Gasteiger partial charge in [-0.1, -0.05) is 46.9 Å². The number of amides is 1. The molecule has 1 aliphatic carbocycles. The molecule has 1 fully saturated rings. The smallest absolute Gasteiger partial charge is 0.264 e. The van der Waals surface area contributed by atoms with Crippen molar-refractivity contribution in [1.29, 1.82) is 0 Å². The largest absolute Gasteiger partial charge is 0.380 e. The van der Waals surface area contributed by atoms with E-state index >= 15 is 0 Å². The van der Waals surface area contributed by atoms with E-state index in [4.69, 9.17) is 34.8 Å². The van der Waals surface area contributed by atoms with Gasteiger partial charge in [0.05, 0.1) is 26.2 Å². The normalized spacial score (nSPS) is 17.8. The number of carbonyl (C=O) groups is 1. The van der Waals surface area contributed by atoms with Gasteiger partial charge in [-0.15, -0.1) is 0 Å². The zero-order chi connectivity index (χ0) is 29.1. The maximum atomic E-state index is 13.3. The molecule has 3 aromatic rings. The number of para-hydroxylation sites is 1. The summed E-state index contributed by atoms with van der Waals surface area (Å²) < 4.78 is 27.7. The highest BCUT2D eigenvalue weighted by Gasteiger charge is 2.33. The molecule has 0 aromatic heterocycles. The van der Waals surface area contributed by atoms with E-state index in [1.807, 2.05) is 24.3 Å². The lowest BCUT2D eigenvalue weighted by atomic mass is 9.73. The van der Waals surface area contributed by atoms with Gasteiger partial charge < -0.3 is 10.6 Å². The minimum Gasteiger partial charge on any atom is -0.380 e. The number of benzene rings is 3. The Balaban J connectivity index is 1.36. The van der Waals surface area contributed by atoms with E-state index in [0.29, 0.717) is 23.4 Å². The summed E-state index contributed by atoms with van der Waals surface area (Å²) in [6.45, 7) is 5.00. The molecule has 214 valence electrons. The van der Waals surface area contributed by atoms with Crippen molar-refractivity contribution in [1.82, 2.24) is 5.32 Å². The molecule has 0 bridgehead atoms. The lowest BCUT2D eigenvalue weighted by Gasteiger charge is -2.40. The summed E-state index contributed by atoms with van der Waals surface area (Å²) in [5.41, 5.74) is 1.54. The Morgan fingerprint density at radius 2 is 1.57 bits per heavy atom. The number of carbonyl (C=O) groups excluding carboxylic acids is 1. The first-order valence-corrected chi connectivity index (χ1v) is 15.8. The third kappa shape index (κ3) is 7.06. The number of nitrogens with one attached hydrogen (secondary N) is 2. The van der Waals surface area contributed by atoms with Crippen LogP contribution in [0.15, 0.2) is 71.6 Å². The Labute approximate surface area is 252 Å². The molecule has 0 aliphatic heterocycles. The third-order valence-corrected chi connectivity index (χ3v) is 10.5. The Morgan fingerprint density at radius 1 is 0.925 bits per heavy atom. The molecule has 4 rings (SSSR count). The van der Waals surface area contributed by atoms with Crippen molar-refractivity contribution >= 4 is 62.1 Å². The van der Waals surface area contributed by atoms with Crippen LogP contribution in [0.3, 0.4) is 0 Å². The first-order valence-electron chi connectivity index (χ1n) is 13.2. The van der Waals surface area contributed by atoms with E-state index in [-0.39, 0.29) is 37.6 Å². The third-order valence-electron chi connectivity index (χ3n) is 7.77. The molecule has 0 atom stereocenters. The molecular weight excluding hydrogens is 589 g/mol. The van der Waals surface area contributed by atoms with Crippen LogP contribution >= 0.6 is 34.8 Å². The fourth-order valence-electron chi connectivity index (χ4n) is 5.29. The number of hydrogen-bond acceptors (Lipinski definition) is 4. The van der Waals surface area contributed by atoms with E-state index in [2.05, 4.69) is 24.5 Å². The summed E-state index contributed by atoms with van der Waals surface area (Å²) in [4.78, 5) is 13.2. The van der Waals surface area contributed by atoms with Crippen molar-refractivity contribution in [3.63, 3.8) is 0 Å². The number of anilines is 2. The van der Waals surface area contributed by atoms with Crippen LogP contribution in [0.25, 0.3) is 0 Å². The average Bonchev–Trinajstić information content (AvgIpc) is 2.94. The molecule has 0 spiro atoms. The van der Waals surface area contributed by atoms with Crippen LogP contribution in [0.2, 0.25) is 15.1 Å². The van der Waals surface area contributed by atoms with Gasteiger partial charge in [0.1, 0.15) is 0 Å². The van der Waals surface area contributed by atoms with E-state index in [1.165, 1.54) is 25.2 Å². The monoisotopic (exact) mass is 621 g/mol. The summed E-state index contributed by atoms with van der Waals surface area (Å²) in [5, 5.41) is 7.81. The highest BCUT2D eigenvalue weighted by Crippen LogP contribution is 2.37. The zero-order valence-corrected chi connectivity index (χ0v) is 25.8. The quantitative estimate of drug-likeness (QED) is 0.254. The number of hydrogen-bond donors (Lipinski definition) is 2. The molecule has 2 N–H and O–H groups in total. The average molecular weight is 623 g/mol. The molecule has 10 heteroatoms. The van der Waals surface area contributed by atoms with E-state index in [1.54, 1.807) is 24.3 Å². The minimum atomic E-state index is -3.97. The Morgan fingerprint density at radius 3 is 2.23 bits per heavy atom. The van der Waals surface area contributed by atoms with Gasteiger partial charge in [0, 0.05) is 29.8 Å². The van der Waals surface area contributed by atoms with Crippen LogP contribution in [-0.4, -0.2) is 33.5 Å². The SMILES string of the molecule is CN(c1ccccc1C(=O)NCC1CCC(C(C)(C)Nc2ccc(Cl)cc2)CC1)S(=O)(=O)c1ccc(Cl)c(Cl)c1. The van der Waals surface area contributed by atoms with Crippen molar-refractivity contribution < 1.29 is 13.2 Å². The molecule has 1 saturated carbocycles. The van der Waals surface area contributed by atoms with Crippen molar-refractivity contribution in [2.45, 2.75) is 50.0 Å². The lowest BCUT2D eigenvalue weighted by Crippen LogP contribution is -2.42. The highest BCUT2D eigenvalue weighted by atomic mass is 35.5. The van der Waals surface area contributed by atoms with Crippen LogP contribution in [0.5, 0.6) is 0 Å². The molecular formula is C30H34Cl3N3O3S. The van der Waals surface area contributed by atoms with Gasteiger partial charge in [-0.3, -0.25) is 9.10 Å². The van der Waals surface area contributed by atoms with E-state index in [9.17, 15) is 13.2 Å². The molecule has 3 aromatic carbocycles. The summed E-state index contributed by atoms with van der Waals surface area (Å²) in [6, 6.07) is 18.6. The maximum Gasteiger partial charge on any atom is 0.264 e. The van der Waals surface area contributed by atoms with Crippen LogP contribution in [-0.2, 0) is 10.0 Å². The second-order valence-electron chi connectivity index (χ2n) is 10.8. The Hall–Kier alpha value is -2.45. The van der Waals surface area contributed by atoms with Gasteiger partial charge in [0.15, 0.2) is 0 Å². The Kier molecular flexibility index (Phi) is 9.61. The summed E-state index contributed by atoms with van der Waals surface area (Å²) in [5.74, 6) is 0.547. The van der Waals surface area contributed by atoms with Crippen LogP contribution in [0, 0.1) is 11.8 Å². The number of rotatable bonds is 9. The van der Waals surface area contributed by atoms with Gasteiger partial charge in [-0.05, 0) is 106 Å². The molecule has 1 amide bonds. The van der Waals surface area contributed by atoms with Crippen molar-refractivity contribution in [2.75, 3.05) is 23.2 Å². The number of halogens is 3. The first kappa shape index (κ1) is 30.5. The number of nitrogens with zero attached hydrogens (tertiary/aromatic N) is 1. The summed E-state index contributed by atoms with van der Waals surface area (Å²) in [6.07, 6.45) is 4.11. The zero-order valence-electron chi connectivity index (χ0n) is 22.8. The van der Waals surface area contributed by atoms with Crippen molar-refractivity contribution in [2.24, 2.45) is 11.8 Å². The molecule has 40 heavy (non-hydrogen) atoms. The van der Waals surface area contributed by atoms with Gasteiger partial charge in [-0.25, -0.2) is 8.42 Å². The Bertz CT molecular complexity index is 1450. The lowest BCUT2D eigenvalue weighted by molar-refractivity contribution is 0.0939. The molecule has 0 heterocycles. The fourth-order valence-corrected chi connectivity index (χ4v) is 7.02. The summed E-state index contributed by atoms with van der Waals surface area (Å²) in [7, 11) is -2.55. The standard InChI is InChI=1S/C30H34Cl3N3O3S/c1-30(2,35-23-14-12-22(31)13-15-23)21-10-8-20(9-11-21)19-34-29(37)25-6-4-5-7-28(25)36(3)40(38,39)24-16-17-26(32)27(33)18-24/h4-7,12-18,20-21,35H,8-11,19H2,1-3H3,(H,34,37).